The lowest BCUT2D eigenvalue weighted by molar-refractivity contribution is -0.132. The highest BCUT2D eigenvalue weighted by molar-refractivity contribution is 5.79. The zero-order valence-corrected chi connectivity index (χ0v) is 13.7. The predicted octanol–water partition coefficient (Wildman–Crippen LogP) is 0.276. The molecule has 7 heteroatoms. The van der Waals surface area contributed by atoms with Gasteiger partial charge < -0.3 is 10.6 Å². The van der Waals surface area contributed by atoms with E-state index in [2.05, 4.69) is 4.98 Å². The van der Waals surface area contributed by atoms with Crippen molar-refractivity contribution < 1.29 is 4.79 Å². The van der Waals surface area contributed by atoms with Crippen molar-refractivity contribution in [1.29, 1.82) is 0 Å². The Hall–Kier alpha value is -2.41. The number of amides is 1. The molecule has 1 aromatic carbocycles. The van der Waals surface area contributed by atoms with Crippen molar-refractivity contribution >= 4 is 16.8 Å². The van der Waals surface area contributed by atoms with Crippen LogP contribution in [0.2, 0.25) is 0 Å². The molecule has 0 aliphatic carbocycles. The van der Waals surface area contributed by atoms with Crippen molar-refractivity contribution in [2.75, 3.05) is 13.1 Å². The molecule has 7 nitrogen and oxygen atoms in total. The molecule has 3 N–H and O–H groups in total. The summed E-state index contributed by atoms with van der Waals surface area (Å²) in [6.45, 7) is 3.52. The Morgan fingerprint density at radius 2 is 2.08 bits per heavy atom. The van der Waals surface area contributed by atoms with E-state index in [0.29, 0.717) is 29.9 Å². The van der Waals surface area contributed by atoms with Gasteiger partial charge in [-0.05, 0) is 37.9 Å². The van der Waals surface area contributed by atoms with Crippen LogP contribution in [0.15, 0.2) is 33.9 Å². The fourth-order valence-corrected chi connectivity index (χ4v) is 3.48. The van der Waals surface area contributed by atoms with Gasteiger partial charge >= 0.3 is 5.69 Å². The second-order valence-electron chi connectivity index (χ2n) is 6.41. The largest absolute Gasteiger partial charge is 0.340 e. The number of aromatic amines is 1. The minimum Gasteiger partial charge on any atom is -0.340 e. The van der Waals surface area contributed by atoms with Crippen molar-refractivity contribution in [2.45, 2.75) is 32.4 Å². The summed E-state index contributed by atoms with van der Waals surface area (Å²) in [7, 11) is 0. The van der Waals surface area contributed by atoms with Crippen molar-refractivity contribution in [2.24, 2.45) is 11.7 Å². The van der Waals surface area contributed by atoms with E-state index in [1.807, 2.05) is 11.8 Å². The van der Waals surface area contributed by atoms with Crippen LogP contribution in [-0.4, -0.2) is 39.5 Å². The van der Waals surface area contributed by atoms with E-state index in [0.717, 1.165) is 6.42 Å². The Kier molecular flexibility index (Phi) is 4.53. The first-order valence-electron chi connectivity index (χ1n) is 8.22. The number of H-pyrrole nitrogens is 1. The van der Waals surface area contributed by atoms with Crippen LogP contribution in [0.25, 0.3) is 10.9 Å². The molecule has 0 radical (unpaired) electrons. The van der Waals surface area contributed by atoms with Crippen LogP contribution in [0.5, 0.6) is 0 Å². The van der Waals surface area contributed by atoms with Gasteiger partial charge in [-0.1, -0.05) is 12.1 Å². The number of carbonyl (C=O) groups is 1. The molecule has 3 rings (SSSR count). The molecule has 0 bridgehead atoms. The second-order valence-corrected chi connectivity index (χ2v) is 6.41. The zero-order valence-electron chi connectivity index (χ0n) is 13.7. The molecule has 2 aromatic rings. The Morgan fingerprint density at radius 3 is 2.79 bits per heavy atom. The molecule has 1 aliphatic rings. The Labute approximate surface area is 139 Å². The molecule has 24 heavy (non-hydrogen) atoms. The molecule has 2 atom stereocenters. The van der Waals surface area contributed by atoms with Gasteiger partial charge in [0.05, 0.1) is 10.9 Å². The number of hydrogen-bond donors (Lipinski definition) is 2. The average molecular weight is 330 g/mol. The zero-order chi connectivity index (χ0) is 17.3. The fourth-order valence-electron chi connectivity index (χ4n) is 3.48. The average Bonchev–Trinajstić information content (AvgIpc) is 2.95. The number of benzene rings is 1. The minimum absolute atomic E-state index is 0.0145. The molecule has 128 valence electrons. The summed E-state index contributed by atoms with van der Waals surface area (Å²) in [6, 6.07) is 7.08. The smallest absolute Gasteiger partial charge is 0.328 e. The molecule has 0 saturated carbocycles. The van der Waals surface area contributed by atoms with Crippen LogP contribution in [-0.2, 0) is 11.3 Å². The number of likely N-dealkylation sites (tertiary alicyclic amines) is 1. The number of carbonyl (C=O) groups excluding carboxylic acids is 1. The Morgan fingerprint density at radius 1 is 1.33 bits per heavy atom. The van der Waals surface area contributed by atoms with Crippen LogP contribution >= 0.6 is 0 Å². The number of fused-ring (bicyclic) bond motifs is 1. The van der Waals surface area contributed by atoms with E-state index in [1.54, 1.807) is 24.3 Å². The molecule has 1 fully saturated rings. The topological polar surface area (TPSA) is 101 Å². The highest BCUT2D eigenvalue weighted by Gasteiger charge is 2.31. The molecule has 2 unspecified atom stereocenters. The normalized spacial score (nSPS) is 20.7. The maximum absolute atomic E-state index is 12.5. The highest BCUT2D eigenvalue weighted by Crippen LogP contribution is 2.22. The lowest BCUT2D eigenvalue weighted by Crippen LogP contribution is -2.36. The third-order valence-corrected chi connectivity index (χ3v) is 4.77. The number of nitrogens with two attached hydrogens (primary N) is 1. The van der Waals surface area contributed by atoms with Gasteiger partial charge in [0.2, 0.25) is 5.91 Å². The van der Waals surface area contributed by atoms with Crippen molar-refractivity contribution in [3.8, 4) is 0 Å². The first kappa shape index (κ1) is 16.4. The molecule has 2 heterocycles. The van der Waals surface area contributed by atoms with E-state index in [9.17, 15) is 14.4 Å². The molecule has 1 saturated heterocycles. The summed E-state index contributed by atoms with van der Waals surface area (Å²) in [4.78, 5) is 40.6. The SMILES string of the molecule is CC1CC(CN)CN1C(=O)CCn1c(=O)[nH]c(=O)c2ccccc21. The van der Waals surface area contributed by atoms with E-state index < -0.39 is 11.2 Å². The molecule has 1 aliphatic heterocycles. The van der Waals surface area contributed by atoms with Crippen molar-refractivity contribution in [1.82, 2.24) is 14.5 Å². The quantitative estimate of drug-likeness (QED) is 0.840. The van der Waals surface area contributed by atoms with E-state index in [1.165, 1.54) is 4.57 Å². The summed E-state index contributed by atoms with van der Waals surface area (Å²) >= 11 is 0. The maximum Gasteiger partial charge on any atom is 0.328 e. The highest BCUT2D eigenvalue weighted by atomic mass is 16.2. The number of nitrogens with one attached hydrogen (secondary N) is 1. The first-order chi connectivity index (χ1) is 11.5. The minimum atomic E-state index is -0.485. The molecular weight excluding hydrogens is 308 g/mol. The number of aromatic nitrogens is 2. The van der Waals surface area contributed by atoms with Gasteiger partial charge in [0.1, 0.15) is 0 Å². The number of nitrogens with zero attached hydrogens (tertiary/aromatic N) is 2. The number of rotatable bonds is 4. The van der Waals surface area contributed by atoms with Gasteiger partial charge in [-0.2, -0.15) is 0 Å². The Balaban J connectivity index is 1.80. The Bertz CT molecular complexity index is 870. The summed E-state index contributed by atoms with van der Waals surface area (Å²) < 4.78 is 1.45. The van der Waals surface area contributed by atoms with Crippen LogP contribution in [0.4, 0.5) is 0 Å². The third-order valence-electron chi connectivity index (χ3n) is 4.77. The third kappa shape index (κ3) is 2.99. The number of para-hydroxylation sites is 1. The summed E-state index contributed by atoms with van der Waals surface area (Å²) in [5.74, 6) is 0.362. The molecule has 0 spiro atoms. The van der Waals surface area contributed by atoms with Gasteiger partial charge in [-0.3, -0.25) is 19.1 Å². The lowest BCUT2D eigenvalue weighted by Gasteiger charge is -2.22. The van der Waals surface area contributed by atoms with Gasteiger partial charge in [0, 0.05) is 25.6 Å². The molecular formula is C17H22N4O3. The summed E-state index contributed by atoms with van der Waals surface area (Å²) in [5, 5.41) is 0.447. The number of aryl methyl sites for hydroxylation is 1. The van der Waals surface area contributed by atoms with Gasteiger partial charge in [0.15, 0.2) is 0 Å². The van der Waals surface area contributed by atoms with Gasteiger partial charge in [-0.25, -0.2) is 4.79 Å². The van der Waals surface area contributed by atoms with Crippen LogP contribution in [0.3, 0.4) is 0 Å². The second kappa shape index (κ2) is 6.60. The van der Waals surface area contributed by atoms with E-state index in [-0.39, 0.29) is 24.9 Å². The fraction of sp³-hybridized carbons (Fsp3) is 0.471. The monoisotopic (exact) mass is 330 g/mol. The van der Waals surface area contributed by atoms with Crippen LogP contribution in [0.1, 0.15) is 19.8 Å². The maximum atomic E-state index is 12.5. The molecule has 1 amide bonds. The van der Waals surface area contributed by atoms with E-state index in [4.69, 9.17) is 5.73 Å². The number of hydrogen-bond acceptors (Lipinski definition) is 4. The van der Waals surface area contributed by atoms with E-state index >= 15 is 0 Å². The van der Waals surface area contributed by atoms with Crippen LogP contribution < -0.4 is 17.0 Å². The standard InChI is InChI=1S/C17H22N4O3/c1-11-8-12(9-18)10-21(11)15(22)6-7-20-14-5-3-2-4-13(14)16(23)19-17(20)24/h2-5,11-12H,6-10,18H2,1H3,(H,19,23,24). The lowest BCUT2D eigenvalue weighted by atomic mass is 10.1. The predicted molar refractivity (Wildman–Crippen MR) is 91.8 cm³/mol. The van der Waals surface area contributed by atoms with Gasteiger partial charge in [0.25, 0.3) is 5.56 Å². The van der Waals surface area contributed by atoms with Gasteiger partial charge in [-0.15, -0.1) is 0 Å². The molecule has 1 aromatic heterocycles. The van der Waals surface area contributed by atoms with Crippen molar-refractivity contribution in [3.05, 3.63) is 45.1 Å². The first-order valence-corrected chi connectivity index (χ1v) is 8.22. The van der Waals surface area contributed by atoms with Crippen LogP contribution in [0, 0.1) is 5.92 Å². The van der Waals surface area contributed by atoms with Crippen molar-refractivity contribution in [3.63, 3.8) is 0 Å². The summed E-state index contributed by atoms with van der Waals surface area (Å²) in [6.07, 6.45) is 1.14. The summed E-state index contributed by atoms with van der Waals surface area (Å²) in [5.41, 5.74) is 5.36.